The summed E-state index contributed by atoms with van der Waals surface area (Å²) in [5.74, 6) is -0.441. The number of sulfonamides is 2. The highest BCUT2D eigenvalue weighted by Gasteiger charge is 2.30. The van der Waals surface area contributed by atoms with Gasteiger partial charge in [-0.3, -0.25) is 9.10 Å². The summed E-state index contributed by atoms with van der Waals surface area (Å²) in [4.78, 5) is 13.4. The quantitative estimate of drug-likeness (QED) is 0.407. The Bertz CT molecular complexity index is 1600. The van der Waals surface area contributed by atoms with Gasteiger partial charge in [0.2, 0.25) is 15.9 Å². The third-order valence-corrected chi connectivity index (χ3v) is 10.2. The Balaban J connectivity index is 1.68. The second-order valence-corrected chi connectivity index (χ2v) is 13.3. The first-order valence-corrected chi connectivity index (χ1v) is 15.5. The molecule has 0 bridgehead atoms. The van der Waals surface area contributed by atoms with Gasteiger partial charge in [0.1, 0.15) is 12.3 Å². The molecule has 0 aromatic heterocycles. The van der Waals surface area contributed by atoms with Crippen molar-refractivity contribution in [3.05, 3.63) is 77.4 Å². The summed E-state index contributed by atoms with van der Waals surface area (Å²) in [6.07, 6.45) is 0. The van der Waals surface area contributed by atoms with E-state index in [1.165, 1.54) is 41.7 Å². The first-order valence-electron chi connectivity index (χ1n) is 12.7. The number of methoxy groups -OCH3 is 1. The Morgan fingerprint density at radius 3 is 2.15 bits per heavy atom. The average Bonchev–Trinajstić information content (AvgIpc) is 2.92. The summed E-state index contributed by atoms with van der Waals surface area (Å²) in [6, 6.07) is 15.9. The Hall–Kier alpha value is -3.45. The monoisotopic (exact) mass is 587 g/mol. The highest BCUT2D eigenvalue weighted by molar-refractivity contribution is 7.92. The summed E-state index contributed by atoms with van der Waals surface area (Å²) >= 11 is 0. The average molecular weight is 588 g/mol. The van der Waals surface area contributed by atoms with Crippen LogP contribution in [0.25, 0.3) is 0 Å². The topological polar surface area (TPSA) is 122 Å². The molecule has 0 spiro atoms. The van der Waals surface area contributed by atoms with Gasteiger partial charge in [-0.05, 0) is 62.7 Å². The third kappa shape index (κ3) is 6.30. The van der Waals surface area contributed by atoms with Gasteiger partial charge in [-0.15, -0.1) is 0 Å². The van der Waals surface area contributed by atoms with Crippen molar-refractivity contribution >= 4 is 37.3 Å². The van der Waals surface area contributed by atoms with Crippen LogP contribution in [-0.2, 0) is 29.6 Å². The Morgan fingerprint density at radius 1 is 0.900 bits per heavy atom. The number of nitrogens with zero attached hydrogens (tertiary/aromatic N) is 2. The number of carbonyl (C=O) groups excluding carboxylic acids is 1. The molecule has 0 atom stereocenters. The number of anilines is 2. The van der Waals surface area contributed by atoms with Gasteiger partial charge < -0.3 is 14.8 Å². The predicted octanol–water partition coefficient (Wildman–Crippen LogP) is 3.48. The van der Waals surface area contributed by atoms with Crippen LogP contribution in [-0.4, -0.2) is 67.0 Å². The molecule has 10 nitrogen and oxygen atoms in total. The fraction of sp³-hybridized carbons (Fsp3) is 0.321. The van der Waals surface area contributed by atoms with E-state index >= 15 is 0 Å². The second-order valence-electron chi connectivity index (χ2n) is 9.54. The molecule has 1 aliphatic rings. The molecule has 0 saturated carbocycles. The normalized spacial score (nSPS) is 14.5. The molecular weight excluding hydrogens is 554 g/mol. The van der Waals surface area contributed by atoms with Crippen molar-refractivity contribution in [3.63, 3.8) is 0 Å². The van der Waals surface area contributed by atoms with E-state index in [0.717, 1.165) is 15.4 Å². The molecule has 1 fully saturated rings. The van der Waals surface area contributed by atoms with E-state index in [9.17, 15) is 21.6 Å². The maximum atomic E-state index is 13.8. The predicted molar refractivity (Wildman–Crippen MR) is 153 cm³/mol. The number of hydrogen-bond donors (Lipinski definition) is 1. The van der Waals surface area contributed by atoms with Crippen LogP contribution in [0.2, 0.25) is 0 Å². The molecule has 4 rings (SSSR count). The van der Waals surface area contributed by atoms with E-state index in [1.807, 2.05) is 19.9 Å². The molecule has 0 aliphatic carbocycles. The molecule has 0 unspecified atom stereocenters. The zero-order chi connectivity index (χ0) is 29.1. The van der Waals surface area contributed by atoms with E-state index in [2.05, 4.69) is 5.32 Å². The van der Waals surface area contributed by atoms with Gasteiger partial charge in [0.25, 0.3) is 10.0 Å². The van der Waals surface area contributed by atoms with E-state index in [-0.39, 0.29) is 34.3 Å². The lowest BCUT2D eigenvalue weighted by Gasteiger charge is -2.27. The maximum Gasteiger partial charge on any atom is 0.264 e. The second kappa shape index (κ2) is 12.0. The van der Waals surface area contributed by atoms with Crippen LogP contribution in [0.1, 0.15) is 16.7 Å². The third-order valence-electron chi connectivity index (χ3n) is 6.57. The number of ether oxygens (including phenoxy) is 2. The van der Waals surface area contributed by atoms with Crippen LogP contribution in [0.4, 0.5) is 11.4 Å². The van der Waals surface area contributed by atoms with Gasteiger partial charge in [-0.2, -0.15) is 4.31 Å². The first kappa shape index (κ1) is 29.5. The van der Waals surface area contributed by atoms with Crippen LogP contribution in [0.3, 0.4) is 0 Å². The summed E-state index contributed by atoms with van der Waals surface area (Å²) in [5, 5.41) is 2.66. The molecule has 3 aromatic rings. The molecule has 1 heterocycles. The Labute approximate surface area is 235 Å². The highest BCUT2D eigenvalue weighted by Crippen LogP contribution is 2.31. The maximum absolute atomic E-state index is 13.8. The number of benzene rings is 3. The molecule has 12 heteroatoms. The van der Waals surface area contributed by atoms with E-state index in [4.69, 9.17) is 9.47 Å². The zero-order valence-corrected chi connectivity index (χ0v) is 24.5. The standard InChI is InChI=1S/C28H33N3O7S2/c1-20-5-8-23(9-6-20)40(35,36)31(26-11-7-21(2)17-22(26)3)19-28(32)29-25-18-24(10-12-27(25)37-4)39(33,34)30-13-15-38-16-14-30/h5-12,17-18H,13-16,19H2,1-4H3,(H,29,32). The number of amides is 1. The lowest BCUT2D eigenvalue weighted by Crippen LogP contribution is -2.40. The first-order chi connectivity index (χ1) is 18.9. The molecule has 1 aliphatic heterocycles. The number of carbonyl (C=O) groups is 1. The van der Waals surface area contributed by atoms with Crippen LogP contribution in [0, 0.1) is 20.8 Å². The van der Waals surface area contributed by atoms with Crippen LogP contribution in [0.15, 0.2) is 70.5 Å². The van der Waals surface area contributed by atoms with Gasteiger partial charge in [0.05, 0.1) is 41.5 Å². The van der Waals surface area contributed by atoms with Crippen LogP contribution < -0.4 is 14.4 Å². The minimum Gasteiger partial charge on any atom is -0.495 e. The van der Waals surface area contributed by atoms with Crippen molar-refractivity contribution in [2.75, 3.05) is 49.6 Å². The van der Waals surface area contributed by atoms with Crippen molar-refractivity contribution < 1.29 is 31.1 Å². The minimum absolute atomic E-state index is 0.0241. The highest BCUT2D eigenvalue weighted by atomic mass is 32.2. The van der Waals surface area contributed by atoms with Gasteiger partial charge in [0, 0.05) is 13.1 Å². The van der Waals surface area contributed by atoms with Crippen molar-refractivity contribution in [1.82, 2.24) is 4.31 Å². The van der Waals surface area contributed by atoms with E-state index < -0.39 is 32.5 Å². The summed E-state index contributed by atoms with van der Waals surface area (Å²) in [5.41, 5.74) is 2.99. The molecule has 40 heavy (non-hydrogen) atoms. The number of aryl methyl sites for hydroxylation is 3. The van der Waals surface area contributed by atoms with Gasteiger partial charge in [0.15, 0.2) is 0 Å². The van der Waals surface area contributed by atoms with Crippen LogP contribution >= 0.6 is 0 Å². The lowest BCUT2D eigenvalue weighted by molar-refractivity contribution is -0.114. The van der Waals surface area contributed by atoms with Gasteiger partial charge in [-0.25, -0.2) is 16.8 Å². The lowest BCUT2D eigenvalue weighted by atomic mass is 10.1. The molecule has 0 radical (unpaired) electrons. The molecule has 3 aromatic carbocycles. The SMILES string of the molecule is COc1ccc(S(=O)(=O)N2CCOCC2)cc1NC(=O)CN(c1ccc(C)cc1C)S(=O)(=O)c1ccc(C)cc1. The van der Waals surface area contributed by atoms with Crippen LogP contribution in [0.5, 0.6) is 5.75 Å². The summed E-state index contributed by atoms with van der Waals surface area (Å²) < 4.78 is 66.9. The van der Waals surface area contributed by atoms with Gasteiger partial charge >= 0.3 is 0 Å². The molecular formula is C28H33N3O7S2. The number of hydrogen-bond acceptors (Lipinski definition) is 7. The smallest absolute Gasteiger partial charge is 0.264 e. The Morgan fingerprint density at radius 2 is 1.52 bits per heavy atom. The van der Waals surface area contributed by atoms with Crippen molar-refractivity contribution in [1.29, 1.82) is 0 Å². The summed E-state index contributed by atoms with van der Waals surface area (Å²) in [7, 11) is -6.58. The fourth-order valence-corrected chi connectivity index (χ4v) is 7.34. The van der Waals surface area contributed by atoms with Crippen molar-refractivity contribution in [2.45, 2.75) is 30.6 Å². The van der Waals surface area contributed by atoms with Crippen molar-refractivity contribution in [3.8, 4) is 5.75 Å². The molecule has 1 N–H and O–H groups in total. The zero-order valence-electron chi connectivity index (χ0n) is 22.9. The molecule has 214 valence electrons. The number of rotatable bonds is 9. The Kier molecular flexibility index (Phi) is 8.83. The van der Waals surface area contributed by atoms with Crippen molar-refractivity contribution in [2.24, 2.45) is 0 Å². The fourth-order valence-electron chi connectivity index (χ4n) is 4.42. The summed E-state index contributed by atoms with van der Waals surface area (Å²) in [6.45, 7) is 6.00. The van der Waals surface area contributed by atoms with E-state index in [1.54, 1.807) is 31.2 Å². The number of morpholine rings is 1. The molecule has 1 saturated heterocycles. The van der Waals surface area contributed by atoms with Gasteiger partial charge in [-0.1, -0.05) is 35.4 Å². The largest absolute Gasteiger partial charge is 0.495 e. The number of nitrogens with one attached hydrogen (secondary N) is 1. The molecule has 1 amide bonds. The van der Waals surface area contributed by atoms with E-state index in [0.29, 0.717) is 24.5 Å². The minimum atomic E-state index is -4.13.